The lowest BCUT2D eigenvalue weighted by molar-refractivity contribution is 0.246. The molecule has 74 valence electrons. The normalized spacial score (nSPS) is 38.4. The molecular weight excluding hydrogens is 184 g/mol. The van der Waals surface area contributed by atoms with Gasteiger partial charge in [-0.1, -0.05) is 20.8 Å². The van der Waals surface area contributed by atoms with Gasteiger partial charge in [-0.2, -0.15) is 11.8 Å². The van der Waals surface area contributed by atoms with Crippen molar-refractivity contribution in [3.05, 3.63) is 0 Å². The van der Waals surface area contributed by atoms with E-state index in [0.717, 1.165) is 5.75 Å². The van der Waals surface area contributed by atoms with Crippen LogP contribution in [0.1, 0.15) is 20.8 Å². The van der Waals surface area contributed by atoms with Crippen LogP contribution in [0, 0.1) is 5.41 Å². The molecule has 2 unspecified atom stereocenters. The van der Waals surface area contributed by atoms with Crippen molar-refractivity contribution < 1.29 is 4.79 Å². The molecule has 3 nitrogen and oxygen atoms in total. The smallest absolute Gasteiger partial charge is 0.315 e. The second-order valence-corrected chi connectivity index (χ2v) is 6.04. The minimum Gasteiger partial charge on any atom is -0.332 e. The summed E-state index contributed by atoms with van der Waals surface area (Å²) in [5.74, 6) is 1.05. The molecule has 2 N–H and O–H groups in total. The molecule has 4 heteroatoms. The first-order valence-electron chi connectivity index (χ1n) is 4.67. The van der Waals surface area contributed by atoms with Crippen molar-refractivity contribution in [3.63, 3.8) is 0 Å². The van der Waals surface area contributed by atoms with Crippen molar-refractivity contribution in [2.45, 2.75) is 38.1 Å². The third-order valence-corrected chi connectivity index (χ3v) is 4.59. The highest BCUT2D eigenvalue weighted by atomic mass is 32.2. The molecular formula is C9H16N2OS. The van der Waals surface area contributed by atoms with Crippen molar-refractivity contribution in [3.8, 4) is 0 Å². The molecule has 2 saturated heterocycles. The molecule has 2 fully saturated rings. The Bertz CT molecular complexity index is 236. The lowest BCUT2D eigenvalue weighted by atomic mass is 9.86. The van der Waals surface area contributed by atoms with E-state index in [9.17, 15) is 4.79 Å². The molecule has 2 rings (SSSR count). The van der Waals surface area contributed by atoms with Gasteiger partial charge in [0.2, 0.25) is 0 Å². The standard InChI is InChI=1S/C9H16N2OS/c1-9(2,3)7-6-5(4-13-7)10-8(12)11-6/h5-7H,4H2,1-3H3,(H2,10,11,12)/t5?,6?,7-/m1/s1. The minimum absolute atomic E-state index is 0.00421. The topological polar surface area (TPSA) is 41.1 Å². The first-order valence-corrected chi connectivity index (χ1v) is 5.72. The summed E-state index contributed by atoms with van der Waals surface area (Å²) in [6, 6.07) is 0.684. The molecule has 0 aromatic rings. The van der Waals surface area contributed by atoms with Crippen molar-refractivity contribution in [1.82, 2.24) is 10.6 Å². The van der Waals surface area contributed by atoms with Crippen molar-refractivity contribution in [1.29, 1.82) is 0 Å². The molecule has 3 atom stereocenters. The molecule has 2 aliphatic rings. The molecule has 0 bridgehead atoms. The molecule has 0 aromatic heterocycles. The van der Waals surface area contributed by atoms with Gasteiger partial charge in [-0.25, -0.2) is 4.79 Å². The highest BCUT2D eigenvalue weighted by Gasteiger charge is 2.47. The van der Waals surface area contributed by atoms with Gasteiger partial charge >= 0.3 is 6.03 Å². The first kappa shape index (κ1) is 9.19. The minimum atomic E-state index is 0.00421. The second-order valence-electron chi connectivity index (χ2n) is 4.87. The van der Waals surface area contributed by atoms with E-state index in [0.29, 0.717) is 17.3 Å². The first-order chi connectivity index (χ1) is 5.98. The van der Waals surface area contributed by atoms with Gasteiger partial charge in [0.25, 0.3) is 0 Å². The average molecular weight is 200 g/mol. The Morgan fingerprint density at radius 2 is 2.08 bits per heavy atom. The summed E-state index contributed by atoms with van der Waals surface area (Å²) in [6.07, 6.45) is 0. The largest absolute Gasteiger partial charge is 0.332 e. The van der Waals surface area contributed by atoms with Gasteiger partial charge in [0.05, 0.1) is 12.1 Å². The van der Waals surface area contributed by atoms with E-state index in [1.807, 2.05) is 11.8 Å². The molecule has 2 aliphatic heterocycles. The number of fused-ring (bicyclic) bond motifs is 1. The van der Waals surface area contributed by atoms with E-state index in [2.05, 4.69) is 31.4 Å². The fourth-order valence-electron chi connectivity index (χ4n) is 2.08. The number of carbonyl (C=O) groups is 1. The van der Waals surface area contributed by atoms with Crippen LogP contribution in [0.25, 0.3) is 0 Å². The molecule has 0 aliphatic carbocycles. The Morgan fingerprint density at radius 3 is 2.69 bits per heavy atom. The molecule has 0 saturated carbocycles. The Morgan fingerprint density at radius 1 is 1.38 bits per heavy atom. The molecule has 13 heavy (non-hydrogen) atoms. The lowest BCUT2D eigenvalue weighted by Gasteiger charge is -2.30. The molecule has 0 radical (unpaired) electrons. The highest BCUT2D eigenvalue weighted by molar-refractivity contribution is 8.00. The average Bonchev–Trinajstić information content (AvgIpc) is 2.41. The van der Waals surface area contributed by atoms with Crippen molar-refractivity contribution in [2.75, 3.05) is 5.75 Å². The van der Waals surface area contributed by atoms with Crippen LogP contribution in [-0.2, 0) is 0 Å². The summed E-state index contributed by atoms with van der Waals surface area (Å²) < 4.78 is 0. The van der Waals surface area contributed by atoms with Crippen LogP contribution in [0.4, 0.5) is 4.79 Å². The van der Waals surface area contributed by atoms with E-state index < -0.39 is 0 Å². The van der Waals surface area contributed by atoms with Gasteiger partial charge < -0.3 is 10.6 Å². The predicted molar refractivity (Wildman–Crippen MR) is 54.9 cm³/mol. The number of nitrogens with one attached hydrogen (secondary N) is 2. The predicted octanol–water partition coefficient (Wildman–Crippen LogP) is 1.20. The summed E-state index contributed by atoms with van der Waals surface area (Å²) in [6.45, 7) is 6.70. The van der Waals surface area contributed by atoms with Crippen molar-refractivity contribution >= 4 is 17.8 Å². The van der Waals surface area contributed by atoms with Gasteiger partial charge in [-0.15, -0.1) is 0 Å². The fourth-order valence-corrected chi connectivity index (χ4v) is 3.75. The highest BCUT2D eigenvalue weighted by Crippen LogP contribution is 2.40. The van der Waals surface area contributed by atoms with Crippen LogP contribution >= 0.6 is 11.8 Å². The van der Waals surface area contributed by atoms with Gasteiger partial charge in [0.15, 0.2) is 0 Å². The summed E-state index contributed by atoms with van der Waals surface area (Å²) in [5, 5.41) is 6.49. The Hall–Kier alpha value is -0.380. The maximum atomic E-state index is 11.1. The SMILES string of the molecule is CC(C)(C)[C@@H]1SCC2NC(=O)NC21. The summed E-state index contributed by atoms with van der Waals surface area (Å²) in [5.41, 5.74) is 0.267. The number of amides is 2. The zero-order chi connectivity index (χ0) is 9.64. The Balaban J connectivity index is 2.13. The van der Waals surface area contributed by atoms with Crippen LogP contribution < -0.4 is 10.6 Å². The monoisotopic (exact) mass is 200 g/mol. The summed E-state index contributed by atoms with van der Waals surface area (Å²) in [7, 11) is 0. The Labute approximate surface area is 83.0 Å². The van der Waals surface area contributed by atoms with Crippen molar-refractivity contribution in [2.24, 2.45) is 5.41 Å². The van der Waals surface area contributed by atoms with Crippen LogP contribution in [0.2, 0.25) is 0 Å². The van der Waals surface area contributed by atoms with E-state index in [1.165, 1.54) is 0 Å². The van der Waals surface area contributed by atoms with E-state index >= 15 is 0 Å². The maximum Gasteiger partial charge on any atom is 0.315 e. The zero-order valence-corrected chi connectivity index (χ0v) is 9.07. The third-order valence-electron chi connectivity index (χ3n) is 2.68. The maximum absolute atomic E-state index is 11.1. The van der Waals surface area contributed by atoms with Gasteiger partial charge in [0.1, 0.15) is 0 Å². The number of thioether (sulfide) groups is 1. The van der Waals surface area contributed by atoms with E-state index in [4.69, 9.17) is 0 Å². The van der Waals surface area contributed by atoms with Crippen LogP contribution in [0.3, 0.4) is 0 Å². The number of urea groups is 1. The molecule has 0 spiro atoms. The quantitative estimate of drug-likeness (QED) is 0.577. The summed E-state index contributed by atoms with van der Waals surface area (Å²) in [4.78, 5) is 11.1. The third kappa shape index (κ3) is 1.52. The van der Waals surface area contributed by atoms with Gasteiger partial charge in [-0.05, 0) is 5.41 Å². The fraction of sp³-hybridized carbons (Fsp3) is 0.889. The number of carbonyl (C=O) groups excluding carboxylic acids is 1. The number of hydrogen-bond donors (Lipinski definition) is 2. The molecule has 2 heterocycles. The van der Waals surface area contributed by atoms with Crippen LogP contribution in [0.5, 0.6) is 0 Å². The number of rotatable bonds is 0. The summed E-state index contributed by atoms with van der Waals surface area (Å²) >= 11 is 1.97. The second kappa shape index (κ2) is 2.80. The van der Waals surface area contributed by atoms with Gasteiger partial charge in [-0.3, -0.25) is 0 Å². The van der Waals surface area contributed by atoms with E-state index in [1.54, 1.807) is 0 Å². The van der Waals surface area contributed by atoms with Gasteiger partial charge in [0, 0.05) is 11.0 Å². The zero-order valence-electron chi connectivity index (χ0n) is 8.26. The van der Waals surface area contributed by atoms with Crippen LogP contribution in [-0.4, -0.2) is 29.1 Å². The Kier molecular flexibility index (Phi) is 1.98. The van der Waals surface area contributed by atoms with E-state index in [-0.39, 0.29) is 11.4 Å². The van der Waals surface area contributed by atoms with Crippen LogP contribution in [0.15, 0.2) is 0 Å². The molecule has 2 amide bonds. The molecule has 0 aromatic carbocycles. The number of hydrogen-bond acceptors (Lipinski definition) is 2. The lowest BCUT2D eigenvalue weighted by Crippen LogP contribution is -2.42.